The Morgan fingerprint density at radius 3 is 2.59 bits per heavy atom. The van der Waals surface area contributed by atoms with Crippen molar-refractivity contribution in [2.24, 2.45) is 0 Å². The molecule has 1 aromatic heterocycles. The molecule has 0 saturated carbocycles. The zero-order valence-electron chi connectivity index (χ0n) is 16.8. The lowest BCUT2D eigenvalue weighted by molar-refractivity contribution is -0.115. The Kier molecular flexibility index (Phi) is 5.00. The number of methoxy groups -OCH3 is 1. The minimum atomic E-state index is -0.252. The second-order valence-corrected chi connectivity index (χ2v) is 8.62. The molecule has 0 saturated heterocycles. The number of thioether (sulfide) groups is 1. The molecule has 0 aliphatic carbocycles. The van der Waals surface area contributed by atoms with Crippen molar-refractivity contribution in [2.75, 3.05) is 12.4 Å². The minimum absolute atomic E-state index is 0.0576. The summed E-state index contributed by atoms with van der Waals surface area (Å²) >= 11 is 1.56. The Hall–Kier alpha value is -2.93. The zero-order valence-corrected chi connectivity index (χ0v) is 17.6. The molecule has 2 aromatic carbocycles. The van der Waals surface area contributed by atoms with Crippen LogP contribution >= 0.6 is 11.8 Å². The topological polar surface area (TPSA) is 76.4 Å². The fraction of sp³-hybridized carbons (Fsp3) is 0.273. The van der Waals surface area contributed by atoms with Gasteiger partial charge in [-0.1, -0.05) is 23.8 Å². The van der Waals surface area contributed by atoms with E-state index in [2.05, 4.69) is 5.32 Å². The number of anilines is 1. The number of phenols is 1. The Morgan fingerprint density at radius 1 is 1.17 bits per heavy atom. The Morgan fingerprint density at radius 2 is 1.90 bits per heavy atom. The maximum atomic E-state index is 12.7. The number of carbonyl (C=O) groups is 1. The second-order valence-electron chi connectivity index (χ2n) is 7.17. The minimum Gasteiger partial charge on any atom is -0.504 e. The van der Waals surface area contributed by atoms with E-state index in [1.165, 1.54) is 7.11 Å². The number of aryl methyl sites for hydroxylation is 2. The number of amides is 1. The first kappa shape index (κ1) is 19.4. The second kappa shape index (κ2) is 7.48. The molecule has 29 heavy (non-hydrogen) atoms. The van der Waals surface area contributed by atoms with Crippen LogP contribution in [0.4, 0.5) is 5.82 Å². The predicted octanol–water partition coefficient (Wildman–Crippen LogP) is 4.37. The molecule has 0 bridgehead atoms. The van der Waals surface area contributed by atoms with Gasteiger partial charge >= 0.3 is 0 Å². The van der Waals surface area contributed by atoms with Crippen molar-refractivity contribution in [2.45, 2.75) is 31.3 Å². The number of phenolic OH excluding ortho intramolecular Hbond substituents is 1. The summed E-state index contributed by atoms with van der Waals surface area (Å²) in [5.41, 5.74) is 4.80. The van der Waals surface area contributed by atoms with Crippen molar-refractivity contribution < 1.29 is 14.6 Å². The van der Waals surface area contributed by atoms with Gasteiger partial charge in [0.15, 0.2) is 11.5 Å². The lowest BCUT2D eigenvalue weighted by Crippen LogP contribution is -2.22. The van der Waals surface area contributed by atoms with Crippen LogP contribution in [-0.2, 0) is 4.79 Å². The first-order valence-corrected chi connectivity index (χ1v) is 10.3. The highest BCUT2D eigenvalue weighted by Gasteiger charge is 2.34. The number of aromatic nitrogens is 2. The molecule has 2 N–H and O–H groups in total. The molecule has 2 atom stereocenters. The number of fused-ring (bicyclic) bond motifs is 1. The van der Waals surface area contributed by atoms with E-state index in [1.807, 2.05) is 57.2 Å². The third kappa shape index (κ3) is 3.46. The number of benzene rings is 2. The van der Waals surface area contributed by atoms with Crippen molar-refractivity contribution >= 4 is 23.5 Å². The molecule has 1 amide bonds. The van der Waals surface area contributed by atoms with E-state index in [0.29, 0.717) is 11.6 Å². The summed E-state index contributed by atoms with van der Waals surface area (Å²) < 4.78 is 7.09. The van der Waals surface area contributed by atoms with Crippen LogP contribution in [-0.4, -0.2) is 33.2 Å². The third-order valence-electron chi connectivity index (χ3n) is 5.11. The fourth-order valence-corrected chi connectivity index (χ4v) is 4.81. The van der Waals surface area contributed by atoms with Gasteiger partial charge in [0.25, 0.3) is 0 Å². The van der Waals surface area contributed by atoms with Gasteiger partial charge < -0.3 is 15.2 Å². The third-order valence-corrected chi connectivity index (χ3v) is 6.51. The number of rotatable bonds is 3. The molecular weight excluding hydrogens is 386 g/mol. The quantitative estimate of drug-likeness (QED) is 0.672. The van der Waals surface area contributed by atoms with Gasteiger partial charge in [0.05, 0.1) is 29.0 Å². The summed E-state index contributed by atoms with van der Waals surface area (Å²) in [4.78, 5) is 12.7. The van der Waals surface area contributed by atoms with E-state index in [1.54, 1.807) is 22.5 Å². The summed E-state index contributed by atoms with van der Waals surface area (Å²) in [6, 6.07) is 13.3. The average Bonchev–Trinajstić information content (AvgIpc) is 2.95. The number of nitrogens with one attached hydrogen (secondary N) is 1. The molecule has 0 unspecified atom stereocenters. The summed E-state index contributed by atoms with van der Waals surface area (Å²) in [7, 11) is 1.53. The number of nitrogens with zero attached hydrogens (tertiary/aromatic N) is 2. The van der Waals surface area contributed by atoms with E-state index in [0.717, 1.165) is 28.1 Å². The van der Waals surface area contributed by atoms with Gasteiger partial charge in [-0.3, -0.25) is 4.79 Å². The fourth-order valence-electron chi connectivity index (χ4n) is 3.50. The normalized spacial score (nSPS) is 18.7. The van der Waals surface area contributed by atoms with Crippen molar-refractivity contribution in [3.05, 3.63) is 64.8 Å². The van der Waals surface area contributed by atoms with Crippen LogP contribution in [0.1, 0.15) is 34.6 Å². The summed E-state index contributed by atoms with van der Waals surface area (Å²) in [6.07, 6.45) is 0. The van der Waals surface area contributed by atoms with Gasteiger partial charge in [-0.15, -0.1) is 11.8 Å². The first-order valence-electron chi connectivity index (χ1n) is 9.39. The van der Waals surface area contributed by atoms with Crippen LogP contribution in [0.5, 0.6) is 11.5 Å². The highest BCUT2D eigenvalue weighted by atomic mass is 32.2. The lowest BCUT2D eigenvalue weighted by atomic mass is 10.0. The number of carbonyl (C=O) groups excluding carboxylic acids is 1. The van der Waals surface area contributed by atoms with Crippen LogP contribution in [0.15, 0.2) is 42.5 Å². The van der Waals surface area contributed by atoms with Crippen LogP contribution in [0, 0.1) is 13.8 Å². The number of hydrogen-bond acceptors (Lipinski definition) is 5. The molecule has 0 radical (unpaired) electrons. The molecule has 150 valence electrons. The molecule has 1 aliphatic rings. The average molecular weight is 410 g/mol. The monoisotopic (exact) mass is 409 g/mol. The zero-order chi connectivity index (χ0) is 20.7. The Labute approximate surface area is 173 Å². The number of ether oxygens (including phenoxy) is 1. The van der Waals surface area contributed by atoms with Gasteiger partial charge in [0.2, 0.25) is 5.91 Å². The summed E-state index contributed by atoms with van der Waals surface area (Å²) in [6.45, 7) is 5.89. The molecule has 3 aromatic rings. The van der Waals surface area contributed by atoms with Crippen LogP contribution < -0.4 is 10.1 Å². The molecule has 1 aliphatic heterocycles. The molecule has 6 nitrogen and oxygen atoms in total. The summed E-state index contributed by atoms with van der Waals surface area (Å²) in [5, 5.41) is 17.4. The standard InChI is InChI=1S/C22H23N3O3S/c1-12-5-8-16(9-6-12)25-21-19(13(2)24-25)20(29-14(3)22(27)23-21)15-7-10-17(26)18(11-15)28-4/h5-11,14,20,26H,1-4H3,(H,23,27)/t14-,20-/m1/s1. The lowest BCUT2D eigenvalue weighted by Gasteiger charge is -2.18. The molecule has 0 fully saturated rings. The first-order chi connectivity index (χ1) is 13.9. The van der Waals surface area contributed by atoms with Gasteiger partial charge in [-0.05, 0) is 50.6 Å². The van der Waals surface area contributed by atoms with Gasteiger partial charge in [-0.2, -0.15) is 5.10 Å². The number of hydrogen-bond donors (Lipinski definition) is 2. The maximum absolute atomic E-state index is 12.7. The smallest absolute Gasteiger partial charge is 0.238 e. The molecule has 0 spiro atoms. The van der Waals surface area contributed by atoms with Crippen LogP contribution in [0.2, 0.25) is 0 Å². The van der Waals surface area contributed by atoms with Crippen LogP contribution in [0.3, 0.4) is 0 Å². The molecule has 4 rings (SSSR count). The predicted molar refractivity (Wildman–Crippen MR) is 115 cm³/mol. The van der Waals surface area contributed by atoms with Crippen LogP contribution in [0.25, 0.3) is 5.69 Å². The molecule has 7 heteroatoms. The van der Waals surface area contributed by atoms with Crippen molar-refractivity contribution in [1.29, 1.82) is 0 Å². The van der Waals surface area contributed by atoms with Gasteiger partial charge in [0, 0.05) is 5.56 Å². The van der Waals surface area contributed by atoms with E-state index >= 15 is 0 Å². The Bertz CT molecular complexity index is 1080. The highest BCUT2D eigenvalue weighted by molar-refractivity contribution is 8.01. The molecule has 2 heterocycles. The number of aromatic hydroxyl groups is 1. The van der Waals surface area contributed by atoms with Gasteiger partial charge in [-0.25, -0.2) is 4.68 Å². The van der Waals surface area contributed by atoms with Crippen molar-refractivity contribution in [3.8, 4) is 17.2 Å². The van der Waals surface area contributed by atoms with Crippen molar-refractivity contribution in [3.63, 3.8) is 0 Å². The highest BCUT2D eigenvalue weighted by Crippen LogP contribution is 2.47. The maximum Gasteiger partial charge on any atom is 0.238 e. The van der Waals surface area contributed by atoms with E-state index in [-0.39, 0.29) is 22.2 Å². The van der Waals surface area contributed by atoms with E-state index in [4.69, 9.17) is 9.84 Å². The largest absolute Gasteiger partial charge is 0.504 e. The van der Waals surface area contributed by atoms with E-state index in [9.17, 15) is 9.90 Å². The summed E-state index contributed by atoms with van der Waals surface area (Å²) in [5.74, 6) is 1.12. The SMILES string of the molecule is COc1cc([C@H]2S[C@H](C)C(=O)Nc3c2c(C)nn3-c2ccc(C)cc2)ccc1O. The van der Waals surface area contributed by atoms with E-state index < -0.39 is 0 Å². The van der Waals surface area contributed by atoms with Gasteiger partial charge in [0.1, 0.15) is 5.82 Å². The van der Waals surface area contributed by atoms with Crippen molar-refractivity contribution in [1.82, 2.24) is 9.78 Å². The Balaban J connectivity index is 1.90. The molecular formula is C22H23N3O3S.